The van der Waals surface area contributed by atoms with Gasteiger partial charge in [-0.1, -0.05) is 26.8 Å². The molecular weight excluding hydrogens is 260 g/mol. The SMILES string of the molecule is CN1CCc2cc(-c3nc(C(C)(C)C)n(C)c3N)ccc21. The van der Waals surface area contributed by atoms with Crippen LogP contribution in [0.5, 0.6) is 0 Å². The first kappa shape index (κ1) is 14.0. The van der Waals surface area contributed by atoms with Gasteiger partial charge in [0.2, 0.25) is 0 Å². The summed E-state index contributed by atoms with van der Waals surface area (Å²) in [5.74, 6) is 1.76. The maximum absolute atomic E-state index is 6.29. The van der Waals surface area contributed by atoms with Gasteiger partial charge in [0, 0.05) is 37.3 Å². The number of benzene rings is 1. The lowest BCUT2D eigenvalue weighted by Crippen LogP contribution is -2.17. The summed E-state index contributed by atoms with van der Waals surface area (Å²) in [7, 11) is 4.13. The highest BCUT2D eigenvalue weighted by atomic mass is 15.1. The standard InChI is InChI=1S/C17H24N4/c1-17(2,3)16-19-14(15(18)21(16)5)12-6-7-13-11(10-12)8-9-20(13)4/h6-7,10H,8-9,18H2,1-5H3. The zero-order valence-corrected chi connectivity index (χ0v) is 13.6. The van der Waals surface area contributed by atoms with E-state index in [1.165, 1.54) is 11.3 Å². The Morgan fingerprint density at radius 1 is 1.19 bits per heavy atom. The highest BCUT2D eigenvalue weighted by Gasteiger charge is 2.24. The minimum absolute atomic E-state index is 0.0158. The van der Waals surface area contributed by atoms with Crippen LogP contribution in [0.4, 0.5) is 11.5 Å². The number of hydrogen-bond acceptors (Lipinski definition) is 3. The van der Waals surface area contributed by atoms with Crippen molar-refractivity contribution < 1.29 is 0 Å². The third-order valence-corrected chi connectivity index (χ3v) is 4.29. The summed E-state index contributed by atoms with van der Waals surface area (Å²) in [4.78, 5) is 7.11. The van der Waals surface area contributed by atoms with E-state index < -0.39 is 0 Å². The second-order valence-corrected chi connectivity index (χ2v) is 6.99. The number of imidazole rings is 1. The third-order valence-electron chi connectivity index (χ3n) is 4.29. The number of rotatable bonds is 1. The first-order valence-electron chi connectivity index (χ1n) is 7.46. The fraction of sp³-hybridized carbons (Fsp3) is 0.471. The Labute approximate surface area is 126 Å². The number of nitrogen functional groups attached to an aromatic ring is 1. The summed E-state index contributed by atoms with van der Waals surface area (Å²) in [5.41, 5.74) is 11.0. The predicted molar refractivity (Wildman–Crippen MR) is 88.7 cm³/mol. The van der Waals surface area contributed by atoms with Crippen molar-refractivity contribution in [1.82, 2.24) is 9.55 Å². The summed E-state index contributed by atoms with van der Waals surface area (Å²) in [6, 6.07) is 6.55. The summed E-state index contributed by atoms with van der Waals surface area (Å²) in [5, 5.41) is 0. The number of nitrogens with zero attached hydrogens (tertiary/aromatic N) is 3. The van der Waals surface area contributed by atoms with Gasteiger partial charge in [-0.3, -0.25) is 0 Å². The number of likely N-dealkylation sites (N-methyl/N-ethyl adjacent to an activating group) is 1. The number of fused-ring (bicyclic) bond motifs is 1. The van der Waals surface area contributed by atoms with Gasteiger partial charge in [-0.05, 0) is 24.1 Å². The Bertz CT molecular complexity index is 692. The molecule has 0 saturated heterocycles. The second-order valence-electron chi connectivity index (χ2n) is 6.99. The lowest BCUT2D eigenvalue weighted by molar-refractivity contribution is 0.524. The summed E-state index contributed by atoms with van der Waals surface area (Å²) >= 11 is 0. The van der Waals surface area contributed by atoms with Crippen LogP contribution in [0.2, 0.25) is 0 Å². The van der Waals surface area contributed by atoms with Crippen molar-refractivity contribution in [2.45, 2.75) is 32.6 Å². The second kappa shape index (κ2) is 4.52. The minimum Gasteiger partial charge on any atom is -0.383 e. The van der Waals surface area contributed by atoms with Crippen LogP contribution in [0.15, 0.2) is 18.2 Å². The molecule has 0 fully saturated rings. The van der Waals surface area contributed by atoms with E-state index in [1.807, 2.05) is 11.6 Å². The molecule has 112 valence electrons. The lowest BCUT2D eigenvalue weighted by atomic mass is 9.96. The molecule has 0 amide bonds. The Kier molecular flexibility index (Phi) is 3.01. The molecule has 3 rings (SSSR count). The molecule has 0 bridgehead atoms. The zero-order chi connectivity index (χ0) is 15.4. The molecule has 0 spiro atoms. The Hall–Kier alpha value is -1.97. The van der Waals surface area contributed by atoms with Crippen LogP contribution in [-0.2, 0) is 18.9 Å². The molecule has 1 aromatic heterocycles. The number of aromatic nitrogens is 2. The predicted octanol–water partition coefficient (Wildman–Crippen LogP) is 2.96. The molecule has 0 unspecified atom stereocenters. The van der Waals surface area contributed by atoms with Crippen LogP contribution >= 0.6 is 0 Å². The van der Waals surface area contributed by atoms with E-state index in [1.54, 1.807) is 0 Å². The van der Waals surface area contributed by atoms with Crippen LogP contribution in [0.1, 0.15) is 32.2 Å². The maximum atomic E-state index is 6.29. The first-order valence-corrected chi connectivity index (χ1v) is 7.46. The van der Waals surface area contributed by atoms with Crippen LogP contribution in [0.25, 0.3) is 11.3 Å². The van der Waals surface area contributed by atoms with E-state index in [4.69, 9.17) is 10.7 Å². The van der Waals surface area contributed by atoms with Crippen molar-refractivity contribution in [2.24, 2.45) is 7.05 Å². The lowest BCUT2D eigenvalue weighted by Gasteiger charge is -2.17. The zero-order valence-electron chi connectivity index (χ0n) is 13.6. The maximum Gasteiger partial charge on any atom is 0.131 e. The molecule has 0 aliphatic carbocycles. The van der Waals surface area contributed by atoms with Crippen LogP contribution < -0.4 is 10.6 Å². The van der Waals surface area contributed by atoms with Gasteiger partial charge in [0.1, 0.15) is 17.3 Å². The summed E-state index contributed by atoms with van der Waals surface area (Å²) < 4.78 is 2.01. The normalized spacial score (nSPS) is 14.6. The fourth-order valence-corrected chi connectivity index (χ4v) is 3.11. The fourth-order valence-electron chi connectivity index (χ4n) is 3.11. The average Bonchev–Trinajstić information content (AvgIpc) is 2.92. The van der Waals surface area contributed by atoms with Crippen molar-refractivity contribution in [2.75, 3.05) is 24.2 Å². The monoisotopic (exact) mass is 284 g/mol. The van der Waals surface area contributed by atoms with Crippen molar-refractivity contribution >= 4 is 11.5 Å². The quantitative estimate of drug-likeness (QED) is 0.876. The Morgan fingerprint density at radius 2 is 1.90 bits per heavy atom. The van der Waals surface area contributed by atoms with Crippen LogP contribution in [0.3, 0.4) is 0 Å². The van der Waals surface area contributed by atoms with E-state index in [0.717, 1.165) is 35.9 Å². The van der Waals surface area contributed by atoms with Gasteiger partial charge in [-0.2, -0.15) is 0 Å². The van der Waals surface area contributed by atoms with E-state index >= 15 is 0 Å². The third kappa shape index (κ3) is 2.19. The molecule has 0 radical (unpaired) electrons. The van der Waals surface area contributed by atoms with E-state index in [2.05, 4.69) is 50.9 Å². The van der Waals surface area contributed by atoms with E-state index in [-0.39, 0.29) is 5.41 Å². The number of hydrogen-bond donors (Lipinski definition) is 1. The Balaban J connectivity index is 2.10. The topological polar surface area (TPSA) is 47.1 Å². The number of anilines is 2. The van der Waals surface area contributed by atoms with Crippen molar-refractivity contribution in [1.29, 1.82) is 0 Å². The molecule has 1 aromatic carbocycles. The average molecular weight is 284 g/mol. The molecule has 0 atom stereocenters. The van der Waals surface area contributed by atoms with Gasteiger partial charge < -0.3 is 15.2 Å². The van der Waals surface area contributed by atoms with E-state index in [9.17, 15) is 0 Å². The van der Waals surface area contributed by atoms with Gasteiger partial charge >= 0.3 is 0 Å². The van der Waals surface area contributed by atoms with E-state index in [0.29, 0.717) is 0 Å². The van der Waals surface area contributed by atoms with Crippen molar-refractivity contribution in [3.05, 3.63) is 29.6 Å². The molecule has 4 nitrogen and oxygen atoms in total. The molecule has 1 aliphatic heterocycles. The van der Waals surface area contributed by atoms with Crippen LogP contribution in [-0.4, -0.2) is 23.1 Å². The number of nitrogens with two attached hydrogens (primary N) is 1. The van der Waals surface area contributed by atoms with Gasteiger partial charge in [0.15, 0.2) is 0 Å². The first-order chi connectivity index (χ1) is 9.79. The van der Waals surface area contributed by atoms with Gasteiger partial charge in [0.25, 0.3) is 0 Å². The Morgan fingerprint density at radius 3 is 2.52 bits per heavy atom. The van der Waals surface area contributed by atoms with Gasteiger partial charge in [-0.15, -0.1) is 0 Å². The largest absolute Gasteiger partial charge is 0.383 e. The molecule has 2 aromatic rings. The molecule has 21 heavy (non-hydrogen) atoms. The highest BCUT2D eigenvalue weighted by molar-refractivity contribution is 5.75. The summed E-state index contributed by atoms with van der Waals surface area (Å²) in [6.45, 7) is 7.58. The minimum atomic E-state index is -0.0158. The highest BCUT2D eigenvalue weighted by Crippen LogP contribution is 2.35. The van der Waals surface area contributed by atoms with Crippen molar-refractivity contribution in [3.8, 4) is 11.3 Å². The van der Waals surface area contributed by atoms with Crippen molar-refractivity contribution in [3.63, 3.8) is 0 Å². The van der Waals surface area contributed by atoms with Gasteiger partial charge in [-0.25, -0.2) is 4.98 Å². The molecule has 2 heterocycles. The smallest absolute Gasteiger partial charge is 0.131 e. The molecule has 1 aliphatic rings. The summed E-state index contributed by atoms with van der Waals surface area (Å²) in [6.07, 6.45) is 1.10. The molecular formula is C17H24N4. The molecule has 2 N–H and O–H groups in total. The van der Waals surface area contributed by atoms with Gasteiger partial charge in [0.05, 0.1) is 0 Å². The van der Waals surface area contributed by atoms with Crippen LogP contribution in [0, 0.1) is 0 Å². The molecule has 4 heteroatoms. The molecule has 0 saturated carbocycles.